The van der Waals surface area contributed by atoms with E-state index in [4.69, 9.17) is 0 Å². The third kappa shape index (κ3) is 3.92. The minimum absolute atomic E-state index is 0.0539. The number of esters is 1. The fourth-order valence-corrected chi connectivity index (χ4v) is 2.30. The molecule has 0 aromatic heterocycles. The lowest BCUT2D eigenvalue weighted by Gasteiger charge is -2.10. The molecule has 1 rings (SSSR count). The zero-order valence-corrected chi connectivity index (χ0v) is 11.0. The third-order valence-corrected chi connectivity index (χ3v) is 3.42. The van der Waals surface area contributed by atoms with Crippen LogP contribution in [-0.2, 0) is 26.0 Å². The Labute approximate surface area is 106 Å². The smallest absolute Gasteiger partial charge is 0.322 e. The lowest BCUT2D eigenvalue weighted by molar-refractivity contribution is -0.137. The number of hydrogen-bond donors (Lipinski definition) is 2. The molecule has 0 aliphatic heterocycles. The van der Waals surface area contributed by atoms with Gasteiger partial charge in [-0.15, -0.1) is 0 Å². The molecular formula is C11H15NO5S. The van der Waals surface area contributed by atoms with Gasteiger partial charge in [-0.1, -0.05) is 13.0 Å². The molecule has 0 aliphatic carbocycles. The van der Waals surface area contributed by atoms with Crippen molar-refractivity contribution in [3.05, 3.63) is 23.8 Å². The van der Waals surface area contributed by atoms with Crippen LogP contribution in [0.2, 0.25) is 0 Å². The summed E-state index contributed by atoms with van der Waals surface area (Å²) in [5.41, 5.74) is 0.918. The van der Waals surface area contributed by atoms with Crippen LogP contribution in [0.1, 0.15) is 12.5 Å². The van der Waals surface area contributed by atoms with Crippen molar-refractivity contribution in [2.24, 2.45) is 0 Å². The zero-order chi connectivity index (χ0) is 13.8. The fraction of sp³-hybridized carbons (Fsp3) is 0.364. The fourth-order valence-electron chi connectivity index (χ4n) is 1.30. The standard InChI is InChI=1S/C11H15NO5S/c1-3-8-4-5-10(13)9(6-8)12-18(15,16)7-11(14)17-2/h4-6,12-13H,3,7H2,1-2H3. The van der Waals surface area contributed by atoms with Crippen molar-refractivity contribution >= 4 is 21.7 Å². The molecule has 0 fully saturated rings. The van der Waals surface area contributed by atoms with Gasteiger partial charge in [0.15, 0.2) is 5.75 Å². The second kappa shape index (κ2) is 5.72. The minimum atomic E-state index is -3.88. The van der Waals surface area contributed by atoms with Gasteiger partial charge < -0.3 is 9.84 Å². The summed E-state index contributed by atoms with van der Waals surface area (Å²) in [5, 5.41) is 9.54. The van der Waals surface area contributed by atoms with Gasteiger partial charge >= 0.3 is 5.97 Å². The molecule has 0 heterocycles. The molecule has 0 aliphatic rings. The maximum Gasteiger partial charge on any atom is 0.322 e. The Kier molecular flexibility index (Phi) is 4.55. The van der Waals surface area contributed by atoms with E-state index in [-0.39, 0.29) is 11.4 Å². The van der Waals surface area contributed by atoms with Gasteiger partial charge in [0.25, 0.3) is 0 Å². The van der Waals surface area contributed by atoms with E-state index in [1.165, 1.54) is 12.1 Å². The number of sulfonamides is 1. The molecule has 2 N–H and O–H groups in total. The van der Waals surface area contributed by atoms with Crippen LogP contribution in [-0.4, -0.2) is 32.4 Å². The lowest BCUT2D eigenvalue weighted by atomic mass is 10.1. The summed E-state index contributed by atoms with van der Waals surface area (Å²) in [5.74, 6) is -1.85. The first-order valence-electron chi connectivity index (χ1n) is 5.27. The van der Waals surface area contributed by atoms with Crippen molar-refractivity contribution in [3.8, 4) is 5.75 Å². The Balaban J connectivity index is 2.93. The first-order chi connectivity index (χ1) is 8.38. The molecule has 0 saturated carbocycles. The highest BCUT2D eigenvalue weighted by molar-refractivity contribution is 7.93. The summed E-state index contributed by atoms with van der Waals surface area (Å²) in [6.07, 6.45) is 0.700. The number of nitrogens with one attached hydrogen (secondary N) is 1. The van der Waals surface area contributed by atoms with E-state index in [9.17, 15) is 18.3 Å². The minimum Gasteiger partial charge on any atom is -0.506 e. The lowest BCUT2D eigenvalue weighted by Crippen LogP contribution is -2.23. The van der Waals surface area contributed by atoms with Gasteiger partial charge in [-0.2, -0.15) is 0 Å². The van der Waals surface area contributed by atoms with Crippen molar-refractivity contribution in [1.29, 1.82) is 0 Å². The van der Waals surface area contributed by atoms with Gasteiger partial charge in [0.05, 0.1) is 12.8 Å². The molecule has 1 aromatic carbocycles. The predicted octanol–water partition coefficient (Wildman–Crippen LogP) is 0.869. The molecule has 100 valence electrons. The van der Waals surface area contributed by atoms with Crippen LogP contribution in [0.5, 0.6) is 5.75 Å². The number of phenols is 1. The molecule has 6 nitrogen and oxygen atoms in total. The molecular weight excluding hydrogens is 258 g/mol. The number of anilines is 1. The van der Waals surface area contributed by atoms with Gasteiger partial charge in [0, 0.05) is 0 Å². The molecule has 0 bridgehead atoms. The monoisotopic (exact) mass is 273 g/mol. The van der Waals surface area contributed by atoms with Gasteiger partial charge in [-0.05, 0) is 24.1 Å². The van der Waals surface area contributed by atoms with Crippen LogP contribution in [0, 0.1) is 0 Å². The maximum absolute atomic E-state index is 11.6. The highest BCUT2D eigenvalue weighted by Gasteiger charge is 2.18. The molecule has 0 spiro atoms. The maximum atomic E-state index is 11.6. The van der Waals surface area contributed by atoms with Crippen LogP contribution >= 0.6 is 0 Å². The Bertz CT molecular complexity index is 538. The van der Waals surface area contributed by atoms with Crippen LogP contribution in [0.15, 0.2) is 18.2 Å². The van der Waals surface area contributed by atoms with E-state index in [2.05, 4.69) is 9.46 Å². The number of aromatic hydroxyl groups is 1. The number of hydrogen-bond acceptors (Lipinski definition) is 5. The highest BCUT2D eigenvalue weighted by atomic mass is 32.2. The van der Waals surface area contributed by atoms with Crippen molar-refractivity contribution in [2.75, 3.05) is 17.6 Å². The summed E-state index contributed by atoms with van der Waals surface area (Å²) in [6.45, 7) is 1.90. The van der Waals surface area contributed by atoms with Crippen molar-refractivity contribution < 1.29 is 23.1 Å². The first-order valence-corrected chi connectivity index (χ1v) is 6.92. The average Bonchev–Trinajstić information content (AvgIpc) is 2.31. The zero-order valence-electron chi connectivity index (χ0n) is 10.1. The molecule has 0 atom stereocenters. The number of methoxy groups -OCH3 is 1. The van der Waals surface area contributed by atoms with Crippen LogP contribution in [0.3, 0.4) is 0 Å². The van der Waals surface area contributed by atoms with Gasteiger partial charge in [-0.25, -0.2) is 8.42 Å². The molecule has 1 aromatic rings. The summed E-state index contributed by atoms with van der Waals surface area (Å²) in [4.78, 5) is 10.9. The third-order valence-electron chi connectivity index (χ3n) is 2.27. The van der Waals surface area contributed by atoms with E-state index in [1.54, 1.807) is 6.07 Å². The number of carbonyl (C=O) groups excluding carboxylic acids is 1. The van der Waals surface area contributed by atoms with Gasteiger partial charge in [0.2, 0.25) is 10.0 Å². The van der Waals surface area contributed by atoms with Crippen LogP contribution in [0.4, 0.5) is 5.69 Å². The Hall–Kier alpha value is -1.76. The Morgan fingerprint density at radius 3 is 2.67 bits per heavy atom. The second-order valence-corrected chi connectivity index (χ2v) is 5.36. The average molecular weight is 273 g/mol. The quantitative estimate of drug-likeness (QED) is 0.613. The Morgan fingerprint density at radius 2 is 2.11 bits per heavy atom. The van der Waals surface area contributed by atoms with E-state index in [1.807, 2.05) is 6.92 Å². The van der Waals surface area contributed by atoms with Crippen molar-refractivity contribution in [3.63, 3.8) is 0 Å². The van der Waals surface area contributed by atoms with Crippen molar-refractivity contribution in [2.45, 2.75) is 13.3 Å². The van der Waals surface area contributed by atoms with Gasteiger partial charge in [-0.3, -0.25) is 9.52 Å². The molecule has 0 radical (unpaired) electrons. The number of ether oxygens (including phenoxy) is 1. The van der Waals surface area contributed by atoms with E-state index in [0.29, 0.717) is 6.42 Å². The second-order valence-electron chi connectivity index (χ2n) is 3.64. The van der Waals surface area contributed by atoms with Gasteiger partial charge in [0.1, 0.15) is 5.75 Å². The molecule has 18 heavy (non-hydrogen) atoms. The SMILES string of the molecule is CCc1ccc(O)c(NS(=O)(=O)CC(=O)OC)c1. The molecule has 0 unspecified atom stereocenters. The predicted molar refractivity (Wildman–Crippen MR) is 66.9 cm³/mol. The number of aryl methyl sites for hydroxylation is 1. The van der Waals surface area contributed by atoms with Crippen LogP contribution < -0.4 is 4.72 Å². The van der Waals surface area contributed by atoms with E-state index >= 15 is 0 Å². The molecule has 0 amide bonds. The number of rotatable bonds is 5. The number of carbonyl (C=O) groups is 1. The highest BCUT2D eigenvalue weighted by Crippen LogP contribution is 2.25. The summed E-state index contributed by atoms with van der Waals surface area (Å²) >= 11 is 0. The number of benzene rings is 1. The summed E-state index contributed by atoms with van der Waals surface area (Å²) in [7, 11) is -2.77. The van der Waals surface area contributed by atoms with Crippen molar-refractivity contribution in [1.82, 2.24) is 0 Å². The summed E-state index contributed by atoms with van der Waals surface area (Å²) in [6, 6.07) is 4.60. The first kappa shape index (κ1) is 14.3. The Morgan fingerprint density at radius 1 is 1.44 bits per heavy atom. The molecule has 0 saturated heterocycles. The largest absolute Gasteiger partial charge is 0.506 e. The summed E-state index contributed by atoms with van der Waals surface area (Å²) < 4.78 is 29.6. The molecule has 7 heteroatoms. The topological polar surface area (TPSA) is 92.7 Å². The normalized spacial score (nSPS) is 11.0. The van der Waals surface area contributed by atoms with E-state index < -0.39 is 21.7 Å². The number of phenolic OH excluding ortho intramolecular Hbond substituents is 1. The van der Waals surface area contributed by atoms with Crippen LogP contribution in [0.25, 0.3) is 0 Å². The van der Waals surface area contributed by atoms with E-state index in [0.717, 1.165) is 12.7 Å².